The van der Waals surface area contributed by atoms with Crippen molar-refractivity contribution < 1.29 is 9.53 Å². The average molecular weight is 213 g/mol. The molecule has 1 heterocycles. The first-order chi connectivity index (χ1) is 6.47. The van der Waals surface area contributed by atoms with Crippen LogP contribution in [0.25, 0.3) is 0 Å². The van der Waals surface area contributed by atoms with E-state index in [4.69, 9.17) is 4.74 Å². The second-order valence-corrected chi connectivity index (χ2v) is 4.59. The minimum absolute atomic E-state index is 0.259. The molecular formula is C10H15NO2S. The number of carbonyl (C=O) groups excluding carboxylic acids is 1. The lowest BCUT2D eigenvalue weighted by molar-refractivity contribution is -0.144. The molecule has 14 heavy (non-hydrogen) atoms. The van der Waals surface area contributed by atoms with Gasteiger partial charge in [-0.2, -0.15) is 0 Å². The Morgan fingerprint density at radius 1 is 1.57 bits per heavy atom. The molecule has 1 rings (SSSR count). The van der Waals surface area contributed by atoms with Gasteiger partial charge in [0.15, 0.2) is 0 Å². The summed E-state index contributed by atoms with van der Waals surface area (Å²) in [5, 5.41) is 6.17. The third-order valence-corrected chi connectivity index (χ3v) is 2.92. The van der Waals surface area contributed by atoms with Crippen LogP contribution in [0.2, 0.25) is 0 Å². The SMILES string of the molecule is COC(=O)C(C)(C)Nc1sccc1C. The summed E-state index contributed by atoms with van der Waals surface area (Å²) < 4.78 is 4.71. The highest BCUT2D eigenvalue weighted by molar-refractivity contribution is 7.14. The number of hydrogen-bond donors (Lipinski definition) is 1. The van der Waals surface area contributed by atoms with E-state index in [2.05, 4.69) is 5.32 Å². The summed E-state index contributed by atoms with van der Waals surface area (Å²) in [5.74, 6) is -0.259. The lowest BCUT2D eigenvalue weighted by atomic mass is 10.1. The predicted octanol–water partition coefficient (Wildman–Crippen LogP) is 2.42. The second kappa shape index (κ2) is 4.00. The van der Waals surface area contributed by atoms with Gasteiger partial charge in [0.05, 0.1) is 12.1 Å². The van der Waals surface area contributed by atoms with Crippen LogP contribution in [0.3, 0.4) is 0 Å². The minimum Gasteiger partial charge on any atom is -0.467 e. The summed E-state index contributed by atoms with van der Waals surface area (Å²) in [6, 6.07) is 2.01. The van der Waals surface area contributed by atoms with Crippen LogP contribution in [0.15, 0.2) is 11.4 Å². The molecule has 0 amide bonds. The molecule has 1 N–H and O–H groups in total. The van der Waals surface area contributed by atoms with Crippen molar-refractivity contribution in [2.75, 3.05) is 12.4 Å². The first-order valence-corrected chi connectivity index (χ1v) is 5.26. The Morgan fingerprint density at radius 3 is 2.64 bits per heavy atom. The zero-order chi connectivity index (χ0) is 10.8. The number of nitrogens with one attached hydrogen (secondary N) is 1. The molecule has 0 saturated heterocycles. The van der Waals surface area contributed by atoms with E-state index in [1.54, 1.807) is 25.2 Å². The number of esters is 1. The highest BCUT2D eigenvalue weighted by Gasteiger charge is 2.28. The van der Waals surface area contributed by atoms with Gasteiger partial charge in [0.25, 0.3) is 0 Å². The van der Waals surface area contributed by atoms with Gasteiger partial charge in [-0.05, 0) is 37.8 Å². The van der Waals surface area contributed by atoms with Crippen LogP contribution < -0.4 is 5.32 Å². The lowest BCUT2D eigenvalue weighted by Gasteiger charge is -2.23. The van der Waals surface area contributed by atoms with E-state index in [-0.39, 0.29) is 5.97 Å². The number of ether oxygens (including phenoxy) is 1. The molecule has 0 spiro atoms. The van der Waals surface area contributed by atoms with E-state index in [9.17, 15) is 4.79 Å². The fourth-order valence-corrected chi connectivity index (χ4v) is 2.07. The normalized spacial score (nSPS) is 11.1. The third-order valence-electron chi connectivity index (χ3n) is 1.98. The molecule has 0 aliphatic heterocycles. The van der Waals surface area contributed by atoms with E-state index in [1.807, 2.05) is 18.4 Å². The summed E-state index contributed by atoms with van der Waals surface area (Å²) in [6.07, 6.45) is 0. The molecule has 78 valence electrons. The van der Waals surface area contributed by atoms with E-state index < -0.39 is 5.54 Å². The zero-order valence-electron chi connectivity index (χ0n) is 8.88. The largest absolute Gasteiger partial charge is 0.467 e. The maximum atomic E-state index is 11.4. The Bertz CT molecular complexity index is 331. The summed E-state index contributed by atoms with van der Waals surface area (Å²) >= 11 is 1.59. The molecule has 0 unspecified atom stereocenters. The second-order valence-electron chi connectivity index (χ2n) is 3.67. The molecule has 0 saturated carbocycles. The lowest BCUT2D eigenvalue weighted by Crippen LogP contribution is -2.40. The predicted molar refractivity (Wildman–Crippen MR) is 58.8 cm³/mol. The molecule has 0 aliphatic rings. The third kappa shape index (κ3) is 2.26. The van der Waals surface area contributed by atoms with Gasteiger partial charge >= 0.3 is 5.97 Å². The van der Waals surface area contributed by atoms with Gasteiger partial charge in [-0.3, -0.25) is 0 Å². The van der Waals surface area contributed by atoms with E-state index in [1.165, 1.54) is 7.11 Å². The van der Waals surface area contributed by atoms with Crippen molar-refractivity contribution in [2.45, 2.75) is 26.3 Å². The van der Waals surface area contributed by atoms with E-state index in [0.29, 0.717) is 0 Å². The number of aryl methyl sites for hydroxylation is 1. The zero-order valence-corrected chi connectivity index (χ0v) is 9.70. The first-order valence-electron chi connectivity index (χ1n) is 4.38. The molecule has 1 aromatic heterocycles. The molecule has 0 bridgehead atoms. The number of anilines is 1. The molecule has 4 heteroatoms. The summed E-state index contributed by atoms with van der Waals surface area (Å²) in [5.41, 5.74) is 0.469. The van der Waals surface area contributed by atoms with Gasteiger partial charge in [0.2, 0.25) is 0 Å². The molecule has 0 fully saturated rings. The molecule has 1 aromatic rings. The summed E-state index contributed by atoms with van der Waals surface area (Å²) in [7, 11) is 1.40. The smallest absolute Gasteiger partial charge is 0.330 e. The highest BCUT2D eigenvalue weighted by atomic mass is 32.1. The molecule has 0 atom stereocenters. The maximum Gasteiger partial charge on any atom is 0.330 e. The average Bonchev–Trinajstić information content (AvgIpc) is 2.50. The summed E-state index contributed by atoms with van der Waals surface area (Å²) in [4.78, 5) is 11.4. The maximum absolute atomic E-state index is 11.4. The number of rotatable bonds is 3. The Morgan fingerprint density at radius 2 is 2.21 bits per heavy atom. The quantitative estimate of drug-likeness (QED) is 0.784. The van der Waals surface area contributed by atoms with Crippen molar-refractivity contribution in [1.82, 2.24) is 0 Å². The Hall–Kier alpha value is -1.03. The standard InChI is InChI=1S/C10H15NO2S/c1-7-5-6-14-8(7)11-10(2,3)9(12)13-4/h5-6,11H,1-4H3. The fraction of sp³-hybridized carbons (Fsp3) is 0.500. The van der Waals surface area contributed by atoms with Crippen LogP contribution in [0, 0.1) is 6.92 Å². The van der Waals surface area contributed by atoms with Crippen molar-refractivity contribution in [2.24, 2.45) is 0 Å². The van der Waals surface area contributed by atoms with Crippen LogP contribution in [-0.2, 0) is 9.53 Å². The monoisotopic (exact) mass is 213 g/mol. The van der Waals surface area contributed by atoms with Crippen molar-refractivity contribution in [3.05, 3.63) is 17.0 Å². The first kappa shape index (κ1) is 11.0. The Kier molecular flexibility index (Phi) is 3.16. The van der Waals surface area contributed by atoms with Crippen LogP contribution in [0.1, 0.15) is 19.4 Å². The Labute approximate surface area is 88.1 Å². The molecule has 0 aromatic carbocycles. The molecule has 3 nitrogen and oxygen atoms in total. The van der Waals surface area contributed by atoms with Gasteiger partial charge in [-0.25, -0.2) is 4.79 Å². The van der Waals surface area contributed by atoms with Crippen molar-refractivity contribution in [1.29, 1.82) is 0 Å². The van der Waals surface area contributed by atoms with E-state index in [0.717, 1.165) is 10.6 Å². The van der Waals surface area contributed by atoms with Gasteiger partial charge in [0, 0.05) is 0 Å². The van der Waals surface area contributed by atoms with Crippen LogP contribution >= 0.6 is 11.3 Å². The number of thiophene rings is 1. The topological polar surface area (TPSA) is 38.3 Å². The Balaban J connectivity index is 2.78. The van der Waals surface area contributed by atoms with Gasteiger partial charge in [-0.1, -0.05) is 0 Å². The van der Waals surface area contributed by atoms with Crippen molar-refractivity contribution in [3.63, 3.8) is 0 Å². The van der Waals surface area contributed by atoms with Gasteiger partial charge in [0.1, 0.15) is 5.54 Å². The van der Waals surface area contributed by atoms with Gasteiger partial charge < -0.3 is 10.1 Å². The highest BCUT2D eigenvalue weighted by Crippen LogP contribution is 2.25. The number of carbonyl (C=O) groups is 1. The fourth-order valence-electron chi connectivity index (χ4n) is 1.09. The van der Waals surface area contributed by atoms with Crippen LogP contribution in [0.4, 0.5) is 5.00 Å². The van der Waals surface area contributed by atoms with Crippen LogP contribution in [0.5, 0.6) is 0 Å². The number of methoxy groups -OCH3 is 1. The van der Waals surface area contributed by atoms with E-state index >= 15 is 0 Å². The van der Waals surface area contributed by atoms with Gasteiger partial charge in [-0.15, -0.1) is 11.3 Å². The minimum atomic E-state index is -0.676. The van der Waals surface area contributed by atoms with Crippen molar-refractivity contribution in [3.8, 4) is 0 Å². The summed E-state index contributed by atoms with van der Waals surface area (Å²) in [6.45, 7) is 5.61. The van der Waals surface area contributed by atoms with Crippen LogP contribution in [-0.4, -0.2) is 18.6 Å². The molecule has 0 radical (unpaired) electrons. The van der Waals surface area contributed by atoms with Crippen molar-refractivity contribution >= 4 is 22.3 Å². The molecule has 0 aliphatic carbocycles. The molecular weight excluding hydrogens is 198 g/mol. The number of hydrogen-bond acceptors (Lipinski definition) is 4.